The van der Waals surface area contributed by atoms with Gasteiger partial charge in [-0.05, 0) is 6.42 Å². The zero-order chi connectivity index (χ0) is 18.1. The van der Waals surface area contributed by atoms with Crippen LogP contribution in [0.5, 0.6) is 0 Å². The molecule has 2 heterocycles. The highest BCUT2D eigenvalue weighted by atomic mass is 16.7. The lowest BCUT2D eigenvalue weighted by atomic mass is 10.2. The van der Waals surface area contributed by atoms with Gasteiger partial charge < -0.3 is 9.63 Å². The molecular formula is C14H18N2O8. The fourth-order valence-corrected chi connectivity index (χ4v) is 1.89. The molecule has 0 atom stereocenters. The van der Waals surface area contributed by atoms with Crippen LogP contribution in [0.25, 0.3) is 0 Å². The summed E-state index contributed by atoms with van der Waals surface area (Å²) in [6.45, 7) is 0. The molecule has 2 fully saturated rings. The highest BCUT2D eigenvalue weighted by molar-refractivity contribution is 6.01. The summed E-state index contributed by atoms with van der Waals surface area (Å²) in [6, 6.07) is 0. The largest absolute Gasteiger partial charge is 0.333 e. The third-order valence-corrected chi connectivity index (χ3v) is 3.09. The molecule has 2 rings (SSSR count). The van der Waals surface area contributed by atoms with Crippen LogP contribution in [0.15, 0.2) is 0 Å². The summed E-state index contributed by atoms with van der Waals surface area (Å²) in [5.74, 6) is -2.15. The zero-order valence-corrected chi connectivity index (χ0v) is 13.2. The molecule has 0 aromatic heterocycles. The summed E-state index contributed by atoms with van der Waals surface area (Å²) in [7, 11) is 1.31. The van der Waals surface area contributed by atoms with E-state index in [1.807, 2.05) is 0 Å². The number of unbranched alkanes of at least 4 members (excludes halogenated alkanes) is 1. The minimum Gasteiger partial charge on any atom is -0.330 e. The van der Waals surface area contributed by atoms with Crippen LogP contribution < -0.4 is 0 Å². The molecule has 132 valence electrons. The van der Waals surface area contributed by atoms with Crippen molar-refractivity contribution in [2.75, 3.05) is 7.11 Å². The number of nitrogens with zero attached hydrogens (tertiary/aromatic N) is 2. The summed E-state index contributed by atoms with van der Waals surface area (Å²) in [4.78, 5) is 73.3. The van der Waals surface area contributed by atoms with Crippen LogP contribution in [0.2, 0.25) is 0 Å². The molecular weight excluding hydrogens is 324 g/mol. The van der Waals surface area contributed by atoms with E-state index < -0.39 is 17.8 Å². The van der Waals surface area contributed by atoms with Crippen LogP contribution in [0.4, 0.5) is 0 Å². The van der Waals surface area contributed by atoms with E-state index >= 15 is 0 Å². The molecule has 2 aliphatic rings. The molecule has 0 aliphatic carbocycles. The van der Waals surface area contributed by atoms with Gasteiger partial charge in [-0.1, -0.05) is 0 Å². The summed E-state index contributed by atoms with van der Waals surface area (Å²) in [6.07, 6.45) is 2.07. The van der Waals surface area contributed by atoms with E-state index in [9.17, 15) is 28.8 Å². The summed E-state index contributed by atoms with van der Waals surface area (Å²) in [5.41, 5.74) is 0. The molecule has 24 heavy (non-hydrogen) atoms. The Morgan fingerprint density at radius 3 is 1.79 bits per heavy atom. The molecule has 10 nitrogen and oxygen atoms in total. The topological polar surface area (TPSA) is 127 Å². The number of rotatable bonds is 6. The van der Waals surface area contributed by atoms with Gasteiger partial charge in [0.05, 0.1) is 7.11 Å². The molecule has 0 radical (unpaired) electrons. The minimum atomic E-state index is -0.666. The highest BCUT2D eigenvalue weighted by Crippen LogP contribution is 2.13. The fourth-order valence-electron chi connectivity index (χ4n) is 1.89. The molecule has 0 N–H and O–H groups in total. The van der Waals surface area contributed by atoms with Crippen molar-refractivity contribution in [2.45, 2.75) is 44.9 Å². The molecule has 0 spiro atoms. The van der Waals surface area contributed by atoms with Crippen LogP contribution in [-0.4, -0.2) is 53.1 Å². The van der Waals surface area contributed by atoms with E-state index in [0.717, 1.165) is 5.06 Å². The molecule has 2 aliphatic heterocycles. The predicted molar refractivity (Wildman–Crippen MR) is 75.2 cm³/mol. The van der Waals surface area contributed by atoms with Crippen molar-refractivity contribution in [3.8, 4) is 0 Å². The Hall–Kier alpha value is -2.62. The summed E-state index contributed by atoms with van der Waals surface area (Å²) in [5, 5.41) is 1.29. The zero-order valence-electron chi connectivity index (χ0n) is 13.2. The first kappa shape index (κ1) is 19.4. The Morgan fingerprint density at radius 1 is 0.958 bits per heavy atom. The second-order valence-corrected chi connectivity index (χ2v) is 4.87. The Balaban J connectivity index is 0.000000272. The van der Waals surface area contributed by atoms with Crippen LogP contribution in [-0.2, 0) is 38.4 Å². The van der Waals surface area contributed by atoms with E-state index in [0.29, 0.717) is 17.8 Å². The van der Waals surface area contributed by atoms with E-state index in [1.54, 1.807) is 0 Å². The first-order valence-corrected chi connectivity index (χ1v) is 7.30. The van der Waals surface area contributed by atoms with Gasteiger partial charge in [0.1, 0.15) is 6.29 Å². The molecule has 0 saturated carbocycles. The van der Waals surface area contributed by atoms with Crippen molar-refractivity contribution in [1.29, 1.82) is 0 Å². The fraction of sp³-hybridized carbons (Fsp3) is 0.571. The Morgan fingerprint density at radius 2 is 1.42 bits per heavy atom. The monoisotopic (exact) mass is 342 g/mol. The first-order valence-electron chi connectivity index (χ1n) is 7.30. The quantitative estimate of drug-likeness (QED) is 0.364. The maximum Gasteiger partial charge on any atom is 0.333 e. The van der Waals surface area contributed by atoms with Gasteiger partial charge in [-0.2, -0.15) is 5.06 Å². The number of hydrogen-bond acceptors (Lipinski definition) is 8. The maximum absolute atomic E-state index is 11.1. The van der Waals surface area contributed by atoms with Crippen molar-refractivity contribution in [2.24, 2.45) is 0 Å². The van der Waals surface area contributed by atoms with Gasteiger partial charge in [0.25, 0.3) is 23.6 Å². The number of carbonyl (C=O) groups excluding carboxylic acids is 6. The van der Waals surface area contributed by atoms with Gasteiger partial charge in [0.2, 0.25) is 0 Å². The van der Waals surface area contributed by atoms with E-state index in [2.05, 4.69) is 9.68 Å². The van der Waals surface area contributed by atoms with Gasteiger partial charge in [-0.3, -0.25) is 24.0 Å². The average molecular weight is 342 g/mol. The number of hydroxylamine groups is 4. The number of imide groups is 2. The van der Waals surface area contributed by atoms with E-state index in [4.69, 9.17) is 0 Å². The van der Waals surface area contributed by atoms with E-state index in [1.165, 1.54) is 7.11 Å². The molecule has 2 saturated heterocycles. The lowest BCUT2D eigenvalue weighted by Gasteiger charge is -2.11. The average Bonchev–Trinajstić information content (AvgIpc) is 3.04. The number of aldehydes is 1. The lowest BCUT2D eigenvalue weighted by molar-refractivity contribution is -0.197. The Bertz CT molecular complexity index is 513. The Labute approximate surface area is 137 Å². The third kappa shape index (κ3) is 5.54. The third-order valence-electron chi connectivity index (χ3n) is 3.09. The maximum atomic E-state index is 11.1. The molecule has 4 amide bonds. The molecule has 0 aromatic carbocycles. The van der Waals surface area contributed by atoms with E-state index in [-0.39, 0.29) is 50.3 Å². The first-order chi connectivity index (χ1) is 11.4. The molecule has 0 unspecified atom stereocenters. The van der Waals surface area contributed by atoms with Gasteiger partial charge in [-0.15, -0.1) is 5.06 Å². The van der Waals surface area contributed by atoms with Crippen molar-refractivity contribution >= 4 is 35.9 Å². The van der Waals surface area contributed by atoms with Crippen molar-refractivity contribution < 1.29 is 38.4 Å². The second kappa shape index (κ2) is 9.50. The summed E-state index contributed by atoms with van der Waals surface area (Å²) >= 11 is 0. The van der Waals surface area contributed by atoms with Crippen LogP contribution in [0.1, 0.15) is 44.9 Å². The van der Waals surface area contributed by atoms with Crippen molar-refractivity contribution in [1.82, 2.24) is 10.1 Å². The second-order valence-electron chi connectivity index (χ2n) is 4.87. The van der Waals surface area contributed by atoms with Crippen molar-refractivity contribution in [3.05, 3.63) is 0 Å². The van der Waals surface area contributed by atoms with Crippen LogP contribution in [0.3, 0.4) is 0 Å². The minimum absolute atomic E-state index is 0.0236. The van der Waals surface area contributed by atoms with Gasteiger partial charge in [-0.25, -0.2) is 4.79 Å². The normalized spacial score (nSPS) is 17.0. The van der Waals surface area contributed by atoms with Crippen LogP contribution in [0, 0.1) is 0 Å². The lowest BCUT2D eigenvalue weighted by Crippen LogP contribution is -2.31. The van der Waals surface area contributed by atoms with Crippen LogP contribution >= 0.6 is 0 Å². The van der Waals surface area contributed by atoms with Gasteiger partial charge in [0.15, 0.2) is 0 Å². The molecule has 0 bridgehead atoms. The smallest absolute Gasteiger partial charge is 0.330 e. The molecule has 10 heteroatoms. The standard InChI is InChI=1S/C9H11NO5.C5H7NO3/c11-6-2-1-3-9(14)15-10-7(12)4-5-8(10)13;1-9-6-4(7)2-3-5(6)8/h6H,1-5H2;2-3H2,1H3. The van der Waals surface area contributed by atoms with Gasteiger partial charge in [0, 0.05) is 38.5 Å². The Kier molecular flexibility index (Phi) is 7.69. The SMILES string of the molecule is CON1C(=O)CCC1=O.O=CCCCC(=O)ON1C(=O)CCC1=O. The number of hydrogen-bond donors (Lipinski definition) is 0. The molecule has 0 aromatic rings. The number of amides is 4. The predicted octanol–water partition coefficient (Wildman–Crippen LogP) is -0.340. The summed E-state index contributed by atoms with van der Waals surface area (Å²) < 4.78 is 0. The van der Waals surface area contributed by atoms with Gasteiger partial charge >= 0.3 is 5.97 Å². The number of carbonyl (C=O) groups is 6. The highest BCUT2D eigenvalue weighted by Gasteiger charge is 2.32. The van der Waals surface area contributed by atoms with Crippen molar-refractivity contribution in [3.63, 3.8) is 0 Å².